The number of phenols is 2. The van der Waals surface area contributed by atoms with Gasteiger partial charge in [0.05, 0.1) is 0 Å². The van der Waals surface area contributed by atoms with Crippen molar-refractivity contribution in [1.82, 2.24) is 0 Å². The first-order valence-corrected chi connectivity index (χ1v) is 6.24. The molecule has 0 unspecified atom stereocenters. The first kappa shape index (κ1) is 20.5. The van der Waals surface area contributed by atoms with Gasteiger partial charge in [0.2, 0.25) is 0 Å². The van der Waals surface area contributed by atoms with Crippen LogP contribution in [0.4, 0.5) is 0 Å². The van der Waals surface area contributed by atoms with Crippen LogP contribution in [0.1, 0.15) is 34.6 Å². The Morgan fingerprint density at radius 2 is 1.09 bits per heavy atom. The van der Waals surface area contributed by atoms with Gasteiger partial charge in [-0.25, -0.2) is 0 Å². The Hall–Kier alpha value is -2.50. The molecule has 2 aromatic carbocycles. The Morgan fingerprint density at radius 1 is 0.783 bits per heavy atom. The number of carbonyl (C=O) groups is 2. The third-order valence-electron chi connectivity index (χ3n) is 2.69. The zero-order valence-electron chi connectivity index (χ0n) is 12.3. The number of rotatable bonds is 2. The van der Waals surface area contributed by atoms with E-state index < -0.39 is 11.5 Å². The molecule has 2 rings (SSSR count). The SMILES string of the molecule is CC(=O)c1ccc(O)cc1[O-].CC(=O)c1ccc(O)cc1[O-].[Cu+2]. The Kier molecular flexibility index (Phi) is 7.87. The number of hydrogen-bond donors (Lipinski definition) is 2. The summed E-state index contributed by atoms with van der Waals surface area (Å²) in [7, 11) is 0. The summed E-state index contributed by atoms with van der Waals surface area (Å²) in [6.45, 7) is 2.63. The van der Waals surface area contributed by atoms with Crippen LogP contribution in [-0.2, 0) is 17.1 Å². The van der Waals surface area contributed by atoms with Crippen LogP contribution in [0.3, 0.4) is 0 Å². The van der Waals surface area contributed by atoms with E-state index in [4.69, 9.17) is 10.2 Å². The normalized spacial score (nSPS) is 9.13. The summed E-state index contributed by atoms with van der Waals surface area (Å²) in [5.74, 6) is -1.65. The van der Waals surface area contributed by atoms with Gasteiger partial charge in [-0.05, 0) is 50.2 Å². The van der Waals surface area contributed by atoms with Gasteiger partial charge in [-0.3, -0.25) is 9.59 Å². The fraction of sp³-hybridized carbons (Fsp3) is 0.125. The number of ketones is 2. The van der Waals surface area contributed by atoms with Crippen molar-refractivity contribution in [2.24, 2.45) is 0 Å². The summed E-state index contributed by atoms with van der Waals surface area (Å²) in [5, 5.41) is 39.4. The summed E-state index contributed by atoms with van der Waals surface area (Å²) in [4.78, 5) is 21.4. The van der Waals surface area contributed by atoms with Crippen LogP contribution in [0.2, 0.25) is 0 Å². The van der Waals surface area contributed by atoms with Crippen LogP contribution in [0.25, 0.3) is 0 Å². The fourth-order valence-electron chi connectivity index (χ4n) is 1.60. The van der Waals surface area contributed by atoms with E-state index in [1.54, 1.807) is 0 Å². The fourth-order valence-corrected chi connectivity index (χ4v) is 1.60. The van der Waals surface area contributed by atoms with Crippen molar-refractivity contribution in [1.29, 1.82) is 0 Å². The minimum atomic E-state index is -0.433. The molecule has 0 aliphatic heterocycles. The maximum Gasteiger partial charge on any atom is 2.00 e. The standard InChI is InChI=1S/2C8H8O3.Cu/c2*1-5(9)7-3-2-6(10)4-8(7)11;/h2*2-4,10-11H,1H3;/q;;+2/p-2. The molecule has 6 nitrogen and oxygen atoms in total. The summed E-state index contributed by atoms with van der Waals surface area (Å²) < 4.78 is 0. The van der Waals surface area contributed by atoms with Crippen molar-refractivity contribution < 1.29 is 47.1 Å². The topological polar surface area (TPSA) is 121 Å². The Balaban J connectivity index is 0.000000403. The molecule has 1 radical (unpaired) electrons. The van der Waals surface area contributed by atoms with Gasteiger partial charge < -0.3 is 20.4 Å². The predicted octanol–water partition coefficient (Wildman–Crippen LogP) is 1.33. The number of carbonyl (C=O) groups excluding carboxylic acids is 2. The third kappa shape index (κ3) is 6.02. The van der Waals surface area contributed by atoms with Crippen molar-refractivity contribution in [2.75, 3.05) is 0 Å². The number of benzene rings is 2. The molecule has 0 saturated heterocycles. The molecule has 125 valence electrons. The average Bonchev–Trinajstić information content (AvgIpc) is 2.38. The van der Waals surface area contributed by atoms with Crippen molar-refractivity contribution in [2.45, 2.75) is 13.8 Å². The average molecular weight is 366 g/mol. The van der Waals surface area contributed by atoms with Gasteiger partial charge in [-0.1, -0.05) is 11.5 Å². The molecule has 0 heterocycles. The summed E-state index contributed by atoms with van der Waals surface area (Å²) in [6, 6.07) is 7.32. The molecular weight excluding hydrogens is 352 g/mol. The zero-order valence-corrected chi connectivity index (χ0v) is 13.2. The minimum absolute atomic E-state index is 0. The van der Waals surface area contributed by atoms with Gasteiger partial charge in [0.1, 0.15) is 11.5 Å². The summed E-state index contributed by atoms with van der Waals surface area (Å²) in [5.41, 5.74) is 0.227. The van der Waals surface area contributed by atoms with Gasteiger partial charge in [0.15, 0.2) is 11.6 Å². The molecule has 0 atom stereocenters. The Labute approximate surface area is 143 Å². The maximum absolute atomic E-state index is 10.9. The number of Topliss-reactive ketones (excluding diaryl/α,β-unsaturated/α-hetero) is 2. The summed E-state index contributed by atoms with van der Waals surface area (Å²) in [6.07, 6.45) is 0. The van der Waals surface area contributed by atoms with Crippen LogP contribution in [0.5, 0.6) is 23.0 Å². The minimum Gasteiger partial charge on any atom is -0.872 e. The van der Waals surface area contributed by atoms with Crippen LogP contribution in [0.15, 0.2) is 36.4 Å². The summed E-state index contributed by atoms with van der Waals surface area (Å²) >= 11 is 0. The third-order valence-corrected chi connectivity index (χ3v) is 2.69. The monoisotopic (exact) mass is 365 g/mol. The molecule has 0 aliphatic carbocycles. The second-order valence-electron chi connectivity index (χ2n) is 4.47. The molecule has 0 amide bonds. The van der Waals surface area contributed by atoms with E-state index in [0.29, 0.717) is 0 Å². The number of hydrogen-bond acceptors (Lipinski definition) is 6. The second kappa shape index (κ2) is 8.82. The first-order chi connectivity index (χ1) is 10.2. The predicted molar refractivity (Wildman–Crippen MR) is 75.1 cm³/mol. The second-order valence-corrected chi connectivity index (χ2v) is 4.47. The van der Waals surface area contributed by atoms with Crippen molar-refractivity contribution in [3.63, 3.8) is 0 Å². The Bertz CT molecular complexity index is 650. The van der Waals surface area contributed by atoms with Crippen LogP contribution >= 0.6 is 0 Å². The maximum atomic E-state index is 10.9. The molecule has 0 fully saturated rings. The van der Waals surface area contributed by atoms with E-state index in [2.05, 4.69) is 0 Å². The Morgan fingerprint density at radius 3 is 1.30 bits per heavy atom. The van der Waals surface area contributed by atoms with Crippen LogP contribution in [0, 0.1) is 0 Å². The molecule has 0 aliphatic rings. The van der Waals surface area contributed by atoms with Crippen LogP contribution < -0.4 is 10.2 Å². The van der Waals surface area contributed by atoms with Crippen molar-refractivity contribution in [3.05, 3.63) is 47.5 Å². The molecule has 0 aromatic heterocycles. The molecule has 23 heavy (non-hydrogen) atoms. The van der Waals surface area contributed by atoms with Gasteiger partial charge in [0.25, 0.3) is 0 Å². The van der Waals surface area contributed by atoms with E-state index in [0.717, 1.165) is 12.1 Å². The quantitative estimate of drug-likeness (QED) is 0.611. The van der Waals surface area contributed by atoms with E-state index in [9.17, 15) is 19.8 Å². The van der Waals surface area contributed by atoms with E-state index in [1.807, 2.05) is 0 Å². The van der Waals surface area contributed by atoms with Crippen molar-refractivity contribution in [3.8, 4) is 23.0 Å². The molecule has 2 aromatic rings. The van der Waals surface area contributed by atoms with E-state index in [1.165, 1.54) is 38.1 Å². The van der Waals surface area contributed by atoms with E-state index in [-0.39, 0.29) is 51.3 Å². The molecule has 0 bridgehead atoms. The molecule has 0 saturated carbocycles. The largest absolute Gasteiger partial charge is 2.00 e. The van der Waals surface area contributed by atoms with E-state index >= 15 is 0 Å². The smallest absolute Gasteiger partial charge is 0.872 e. The van der Waals surface area contributed by atoms with Gasteiger partial charge in [-0.2, -0.15) is 0 Å². The van der Waals surface area contributed by atoms with Crippen LogP contribution in [-0.4, -0.2) is 21.8 Å². The molecule has 0 spiro atoms. The zero-order chi connectivity index (χ0) is 16.9. The number of aromatic hydroxyl groups is 2. The molecule has 2 N–H and O–H groups in total. The van der Waals surface area contributed by atoms with Gasteiger partial charge in [-0.15, -0.1) is 0 Å². The molecule has 7 heteroatoms. The van der Waals surface area contributed by atoms with Gasteiger partial charge in [0, 0.05) is 11.1 Å². The number of phenolic OH excluding ortho intramolecular Hbond substituents is 2. The first-order valence-electron chi connectivity index (χ1n) is 6.24. The van der Waals surface area contributed by atoms with Gasteiger partial charge >= 0.3 is 17.1 Å². The van der Waals surface area contributed by atoms with Crippen molar-refractivity contribution >= 4 is 11.6 Å². The molecular formula is C16H14CuO6.